The van der Waals surface area contributed by atoms with Gasteiger partial charge in [-0.05, 0) is 40.0 Å². The first-order valence-corrected chi connectivity index (χ1v) is 6.50. The summed E-state index contributed by atoms with van der Waals surface area (Å²) in [6.07, 6.45) is 2.20. The highest BCUT2D eigenvalue weighted by Gasteiger charge is 2.06. The van der Waals surface area contributed by atoms with Crippen LogP contribution >= 0.6 is 0 Å². The van der Waals surface area contributed by atoms with Gasteiger partial charge in [0.05, 0.1) is 30.3 Å². The van der Waals surface area contributed by atoms with Crippen LogP contribution in [0, 0.1) is 0 Å². The fourth-order valence-corrected chi connectivity index (χ4v) is 1.58. The molecule has 0 bridgehead atoms. The minimum Gasteiger partial charge on any atom is -0.377 e. The van der Waals surface area contributed by atoms with Gasteiger partial charge in [-0.3, -0.25) is 4.98 Å². The van der Waals surface area contributed by atoms with E-state index in [1.165, 1.54) is 0 Å². The van der Waals surface area contributed by atoms with Crippen LogP contribution in [0.3, 0.4) is 0 Å². The molecule has 0 saturated heterocycles. The largest absolute Gasteiger partial charge is 0.377 e. The van der Waals surface area contributed by atoms with Crippen molar-refractivity contribution < 1.29 is 4.74 Å². The number of ether oxygens (including phenoxy) is 1. The zero-order valence-electron chi connectivity index (χ0n) is 12.1. The third-order valence-corrected chi connectivity index (χ3v) is 2.97. The average molecular weight is 251 g/mol. The summed E-state index contributed by atoms with van der Waals surface area (Å²) in [5, 5.41) is 3.18. The number of hydrogen-bond donors (Lipinski definition) is 1. The maximum Gasteiger partial charge on any atom is 0.0644 e. The first-order chi connectivity index (χ1) is 8.54. The van der Waals surface area contributed by atoms with Gasteiger partial charge < -0.3 is 15.0 Å². The second-order valence-corrected chi connectivity index (χ2v) is 4.79. The lowest BCUT2D eigenvalue weighted by Crippen LogP contribution is -2.24. The summed E-state index contributed by atoms with van der Waals surface area (Å²) < 4.78 is 5.54. The van der Waals surface area contributed by atoms with Gasteiger partial charge in [-0.25, -0.2) is 0 Å². The molecule has 0 amide bonds. The summed E-state index contributed by atoms with van der Waals surface area (Å²) in [7, 11) is 4.00. The van der Waals surface area contributed by atoms with E-state index < -0.39 is 0 Å². The van der Waals surface area contributed by atoms with Crippen molar-refractivity contribution >= 4 is 5.69 Å². The molecule has 0 fully saturated rings. The van der Waals surface area contributed by atoms with E-state index in [0.717, 1.165) is 24.5 Å². The molecule has 0 radical (unpaired) electrons. The first kappa shape index (κ1) is 14.9. The van der Waals surface area contributed by atoms with E-state index in [4.69, 9.17) is 4.74 Å². The van der Waals surface area contributed by atoms with Crippen LogP contribution in [0.15, 0.2) is 18.3 Å². The van der Waals surface area contributed by atoms with Gasteiger partial charge in [0.15, 0.2) is 0 Å². The van der Waals surface area contributed by atoms with E-state index in [0.29, 0.717) is 0 Å². The second-order valence-electron chi connectivity index (χ2n) is 4.79. The average Bonchev–Trinajstić information content (AvgIpc) is 2.37. The predicted octanol–water partition coefficient (Wildman–Crippen LogP) is 2.22. The Balaban J connectivity index is 2.51. The van der Waals surface area contributed by atoms with Crippen molar-refractivity contribution in [2.75, 3.05) is 32.1 Å². The summed E-state index contributed by atoms with van der Waals surface area (Å²) in [5.74, 6) is 0. The van der Waals surface area contributed by atoms with Gasteiger partial charge in [0.2, 0.25) is 0 Å². The van der Waals surface area contributed by atoms with E-state index in [1.807, 2.05) is 13.2 Å². The fourth-order valence-electron chi connectivity index (χ4n) is 1.58. The van der Waals surface area contributed by atoms with Crippen molar-refractivity contribution in [3.05, 3.63) is 24.0 Å². The Morgan fingerprint density at radius 1 is 1.33 bits per heavy atom. The molecule has 1 unspecified atom stereocenters. The molecule has 1 heterocycles. The molecule has 0 aromatic carbocycles. The highest BCUT2D eigenvalue weighted by atomic mass is 16.5. The van der Waals surface area contributed by atoms with Crippen molar-refractivity contribution in [2.45, 2.75) is 32.9 Å². The molecule has 1 rings (SSSR count). The normalized spacial score (nSPS) is 12.8. The Hall–Kier alpha value is -1.13. The Bertz CT molecular complexity index is 337. The molecular formula is C14H25N3O. The minimum absolute atomic E-state index is 0.286. The molecule has 0 aliphatic heterocycles. The van der Waals surface area contributed by atoms with Crippen LogP contribution in [0.2, 0.25) is 0 Å². The second kappa shape index (κ2) is 7.34. The molecule has 102 valence electrons. The number of rotatable bonds is 7. The summed E-state index contributed by atoms with van der Waals surface area (Å²) >= 11 is 0. The molecule has 0 saturated carbocycles. The highest BCUT2D eigenvalue weighted by Crippen LogP contribution is 2.14. The number of pyridine rings is 1. The van der Waals surface area contributed by atoms with Crippen molar-refractivity contribution in [1.82, 2.24) is 10.3 Å². The molecule has 4 nitrogen and oxygen atoms in total. The summed E-state index contributed by atoms with van der Waals surface area (Å²) in [6, 6.07) is 4.45. The lowest BCUT2D eigenvalue weighted by atomic mass is 10.2. The van der Waals surface area contributed by atoms with Crippen molar-refractivity contribution in [2.24, 2.45) is 0 Å². The SMILES string of the molecule is CNC(C)c1ccc(N(C)CCOC(C)C)cn1. The summed E-state index contributed by atoms with van der Waals surface area (Å²) in [4.78, 5) is 6.62. The van der Waals surface area contributed by atoms with Crippen LogP contribution in [0.5, 0.6) is 0 Å². The minimum atomic E-state index is 0.286. The topological polar surface area (TPSA) is 37.4 Å². The summed E-state index contributed by atoms with van der Waals surface area (Å²) in [5.41, 5.74) is 2.18. The molecule has 1 N–H and O–H groups in total. The number of aromatic nitrogens is 1. The number of nitrogens with one attached hydrogen (secondary N) is 1. The third kappa shape index (κ3) is 4.63. The third-order valence-electron chi connectivity index (χ3n) is 2.97. The van der Waals surface area contributed by atoms with Gasteiger partial charge in [-0.1, -0.05) is 0 Å². The van der Waals surface area contributed by atoms with Gasteiger partial charge in [0.1, 0.15) is 0 Å². The lowest BCUT2D eigenvalue weighted by Gasteiger charge is -2.20. The van der Waals surface area contributed by atoms with Crippen molar-refractivity contribution in [3.8, 4) is 0 Å². The fraction of sp³-hybridized carbons (Fsp3) is 0.643. The number of likely N-dealkylation sites (N-methyl/N-ethyl adjacent to an activating group) is 1. The van der Waals surface area contributed by atoms with Crippen molar-refractivity contribution in [1.29, 1.82) is 0 Å². The monoisotopic (exact) mass is 251 g/mol. The smallest absolute Gasteiger partial charge is 0.0644 e. The molecule has 1 aromatic rings. The van der Waals surface area contributed by atoms with Crippen LogP contribution in [0.4, 0.5) is 5.69 Å². The van der Waals surface area contributed by atoms with Crippen molar-refractivity contribution in [3.63, 3.8) is 0 Å². The maximum atomic E-state index is 5.54. The van der Waals surface area contributed by atoms with Gasteiger partial charge in [-0.2, -0.15) is 0 Å². The Morgan fingerprint density at radius 3 is 2.56 bits per heavy atom. The molecule has 18 heavy (non-hydrogen) atoms. The van der Waals surface area contributed by atoms with Gasteiger partial charge in [-0.15, -0.1) is 0 Å². The number of nitrogens with zero attached hydrogens (tertiary/aromatic N) is 2. The number of hydrogen-bond acceptors (Lipinski definition) is 4. The molecule has 0 aliphatic carbocycles. The van der Waals surface area contributed by atoms with E-state index in [1.54, 1.807) is 0 Å². The van der Waals surface area contributed by atoms with Crippen LogP contribution in [0.25, 0.3) is 0 Å². The van der Waals surface area contributed by atoms with E-state index >= 15 is 0 Å². The summed E-state index contributed by atoms with van der Waals surface area (Å²) in [6.45, 7) is 7.82. The Morgan fingerprint density at radius 2 is 2.06 bits per heavy atom. The van der Waals surface area contributed by atoms with Gasteiger partial charge in [0, 0.05) is 19.6 Å². The molecule has 0 aliphatic rings. The highest BCUT2D eigenvalue weighted by molar-refractivity contribution is 5.43. The molecule has 1 aromatic heterocycles. The molecule has 0 spiro atoms. The molecular weight excluding hydrogens is 226 g/mol. The van der Waals surface area contributed by atoms with Gasteiger partial charge >= 0.3 is 0 Å². The maximum absolute atomic E-state index is 5.54. The van der Waals surface area contributed by atoms with E-state index in [9.17, 15) is 0 Å². The van der Waals surface area contributed by atoms with E-state index in [2.05, 4.69) is 55.2 Å². The van der Waals surface area contributed by atoms with Crippen LogP contribution in [-0.4, -0.2) is 38.3 Å². The van der Waals surface area contributed by atoms with Crippen LogP contribution < -0.4 is 10.2 Å². The van der Waals surface area contributed by atoms with E-state index in [-0.39, 0.29) is 12.1 Å². The molecule has 4 heteroatoms. The first-order valence-electron chi connectivity index (χ1n) is 6.50. The Kier molecular flexibility index (Phi) is 6.09. The number of anilines is 1. The molecule has 1 atom stereocenters. The quantitative estimate of drug-likeness (QED) is 0.806. The zero-order valence-corrected chi connectivity index (χ0v) is 12.1. The predicted molar refractivity (Wildman–Crippen MR) is 76.1 cm³/mol. The standard InChI is InChI=1S/C14H25N3O/c1-11(2)18-9-8-17(5)13-6-7-14(16-10-13)12(3)15-4/h6-7,10-12,15H,8-9H2,1-5H3. The van der Waals surface area contributed by atoms with Crippen LogP contribution in [0.1, 0.15) is 32.5 Å². The Labute approximate surface area is 110 Å². The van der Waals surface area contributed by atoms with Gasteiger partial charge in [0.25, 0.3) is 0 Å². The van der Waals surface area contributed by atoms with Crippen LogP contribution in [-0.2, 0) is 4.74 Å². The lowest BCUT2D eigenvalue weighted by molar-refractivity contribution is 0.0846. The zero-order chi connectivity index (χ0) is 13.5.